The average molecular weight is 286 g/mol. The van der Waals surface area contributed by atoms with Crippen LogP contribution < -0.4 is 10.1 Å². The molecule has 0 spiro atoms. The highest BCUT2D eigenvalue weighted by atomic mass is 19.3. The Labute approximate surface area is 119 Å². The van der Waals surface area contributed by atoms with Crippen molar-refractivity contribution in [2.24, 2.45) is 0 Å². The normalized spacial score (nSPS) is 12.2. The van der Waals surface area contributed by atoms with E-state index >= 15 is 0 Å². The predicted molar refractivity (Wildman–Crippen MR) is 76.4 cm³/mol. The van der Waals surface area contributed by atoms with Crippen molar-refractivity contribution in [1.82, 2.24) is 10.3 Å². The molecule has 1 aromatic rings. The summed E-state index contributed by atoms with van der Waals surface area (Å²) in [7, 11) is 0. The Morgan fingerprint density at radius 1 is 1.25 bits per heavy atom. The average Bonchev–Trinajstić information content (AvgIpc) is 2.32. The summed E-state index contributed by atoms with van der Waals surface area (Å²) in [6.07, 6.45) is -2.49. The molecule has 0 radical (unpaired) electrons. The lowest BCUT2D eigenvalue weighted by atomic mass is 9.91. The molecule has 1 heterocycles. The number of ether oxygens (including phenoxy) is 1. The number of nitrogens with one attached hydrogen (secondary N) is 1. The molecule has 1 N–H and O–H groups in total. The van der Waals surface area contributed by atoms with Gasteiger partial charge in [-0.1, -0.05) is 34.6 Å². The molecule has 0 saturated carbocycles. The smallest absolute Gasteiger partial charge is 0.272 e. The van der Waals surface area contributed by atoms with Gasteiger partial charge in [0.15, 0.2) is 6.61 Å². The van der Waals surface area contributed by atoms with Gasteiger partial charge in [0.25, 0.3) is 6.43 Å². The van der Waals surface area contributed by atoms with Crippen molar-refractivity contribution in [3.05, 3.63) is 23.4 Å². The topological polar surface area (TPSA) is 34.1 Å². The molecule has 5 heteroatoms. The lowest BCUT2D eigenvalue weighted by Gasteiger charge is -2.20. The van der Waals surface area contributed by atoms with Crippen LogP contribution in [-0.2, 0) is 12.0 Å². The van der Waals surface area contributed by atoms with Crippen LogP contribution in [0.1, 0.15) is 45.9 Å². The number of rotatable bonds is 6. The van der Waals surface area contributed by atoms with Crippen LogP contribution in [0.25, 0.3) is 0 Å². The molecule has 0 aromatic carbocycles. The molecule has 0 bridgehead atoms. The summed E-state index contributed by atoms with van der Waals surface area (Å²) in [6.45, 7) is 10.2. The van der Waals surface area contributed by atoms with Crippen molar-refractivity contribution in [1.29, 1.82) is 0 Å². The Balaban J connectivity index is 2.95. The maximum absolute atomic E-state index is 12.2. The minimum atomic E-state index is -2.49. The second kappa shape index (κ2) is 6.97. The molecule has 20 heavy (non-hydrogen) atoms. The number of hydrogen-bond acceptors (Lipinski definition) is 3. The quantitative estimate of drug-likeness (QED) is 0.869. The van der Waals surface area contributed by atoms with Gasteiger partial charge < -0.3 is 10.1 Å². The molecular formula is C15H24F2N2O. The molecule has 114 valence electrons. The van der Waals surface area contributed by atoms with E-state index in [0.717, 1.165) is 11.3 Å². The molecule has 3 nitrogen and oxygen atoms in total. The molecular weight excluding hydrogens is 262 g/mol. The fourth-order valence-corrected chi connectivity index (χ4v) is 1.59. The summed E-state index contributed by atoms with van der Waals surface area (Å²) in [6, 6.07) is 4.06. The van der Waals surface area contributed by atoms with Gasteiger partial charge in [-0.15, -0.1) is 0 Å². The van der Waals surface area contributed by atoms with Crippen LogP contribution in [-0.4, -0.2) is 24.1 Å². The molecule has 1 rings (SSSR count). The van der Waals surface area contributed by atoms with Gasteiger partial charge in [0, 0.05) is 24.1 Å². The molecule has 0 aliphatic carbocycles. The minimum absolute atomic E-state index is 0.156. The maximum Gasteiger partial charge on any atom is 0.272 e. The highest BCUT2D eigenvalue weighted by Gasteiger charge is 2.18. The van der Waals surface area contributed by atoms with Crippen LogP contribution >= 0.6 is 0 Å². The molecule has 0 saturated heterocycles. The van der Waals surface area contributed by atoms with Crippen LogP contribution in [0.15, 0.2) is 12.1 Å². The number of halogens is 2. The third-order valence-corrected chi connectivity index (χ3v) is 2.70. The molecule has 0 aliphatic heterocycles. The van der Waals surface area contributed by atoms with E-state index in [4.69, 9.17) is 4.74 Å². The molecule has 0 amide bonds. The van der Waals surface area contributed by atoms with E-state index in [1.54, 1.807) is 6.07 Å². The van der Waals surface area contributed by atoms with Crippen molar-refractivity contribution in [3.8, 4) is 5.88 Å². The monoisotopic (exact) mass is 286 g/mol. The second-order valence-electron chi connectivity index (χ2n) is 6.19. The number of nitrogens with zero attached hydrogens (tertiary/aromatic N) is 1. The summed E-state index contributed by atoms with van der Waals surface area (Å²) in [5.74, 6) is 0.262. The zero-order valence-corrected chi connectivity index (χ0v) is 12.8. The van der Waals surface area contributed by atoms with Gasteiger partial charge in [-0.2, -0.15) is 0 Å². The van der Waals surface area contributed by atoms with Gasteiger partial charge in [0.05, 0.1) is 5.69 Å². The van der Waals surface area contributed by atoms with Crippen molar-refractivity contribution >= 4 is 0 Å². The summed E-state index contributed by atoms with van der Waals surface area (Å²) in [5, 5.41) is 3.30. The summed E-state index contributed by atoms with van der Waals surface area (Å²) in [5.41, 5.74) is 1.67. The minimum Gasteiger partial charge on any atom is -0.472 e. The molecule has 1 aromatic heterocycles. The summed E-state index contributed by atoms with van der Waals surface area (Å²) < 4.78 is 29.6. The Kier molecular flexibility index (Phi) is 5.87. The van der Waals surface area contributed by atoms with Crippen molar-refractivity contribution in [2.75, 3.05) is 6.61 Å². The van der Waals surface area contributed by atoms with E-state index in [9.17, 15) is 8.78 Å². The standard InChI is InChI=1S/C15H24F2N2O/c1-10(2)18-8-11-6-12(15(3,4)5)19-14(7-11)20-9-13(16)17/h6-7,10,13,18H,8-9H2,1-5H3. The summed E-state index contributed by atoms with van der Waals surface area (Å²) in [4.78, 5) is 4.32. The first-order chi connectivity index (χ1) is 9.18. The number of aromatic nitrogens is 1. The third kappa shape index (κ3) is 5.82. The van der Waals surface area contributed by atoms with Crippen molar-refractivity contribution in [3.63, 3.8) is 0 Å². The van der Waals surface area contributed by atoms with E-state index in [1.165, 1.54) is 0 Å². The SMILES string of the molecule is CC(C)NCc1cc(OCC(F)F)nc(C(C)(C)C)c1. The summed E-state index contributed by atoms with van der Waals surface area (Å²) >= 11 is 0. The van der Waals surface area contributed by atoms with Gasteiger partial charge in [-0.05, 0) is 11.6 Å². The highest BCUT2D eigenvalue weighted by molar-refractivity contribution is 5.28. The van der Waals surface area contributed by atoms with E-state index < -0.39 is 13.0 Å². The first-order valence-electron chi connectivity index (χ1n) is 6.84. The maximum atomic E-state index is 12.2. The molecule has 0 atom stereocenters. The Bertz CT molecular complexity index is 398. The fraction of sp³-hybridized carbons (Fsp3) is 0.667. The Morgan fingerprint density at radius 2 is 1.90 bits per heavy atom. The third-order valence-electron chi connectivity index (χ3n) is 2.70. The number of hydrogen-bond donors (Lipinski definition) is 1. The first-order valence-corrected chi connectivity index (χ1v) is 6.84. The van der Waals surface area contributed by atoms with Crippen molar-refractivity contribution in [2.45, 2.75) is 59.0 Å². The van der Waals surface area contributed by atoms with E-state index in [2.05, 4.69) is 24.1 Å². The fourth-order valence-electron chi connectivity index (χ4n) is 1.59. The van der Waals surface area contributed by atoms with Crippen molar-refractivity contribution < 1.29 is 13.5 Å². The van der Waals surface area contributed by atoms with Gasteiger partial charge in [0.2, 0.25) is 5.88 Å². The lowest BCUT2D eigenvalue weighted by molar-refractivity contribution is 0.0793. The van der Waals surface area contributed by atoms with E-state index in [1.807, 2.05) is 26.8 Å². The van der Waals surface area contributed by atoms with E-state index in [0.29, 0.717) is 12.6 Å². The Hall–Kier alpha value is -1.23. The molecule has 0 aliphatic rings. The largest absolute Gasteiger partial charge is 0.472 e. The first kappa shape index (κ1) is 16.8. The van der Waals surface area contributed by atoms with E-state index in [-0.39, 0.29) is 11.3 Å². The molecule has 0 fully saturated rings. The van der Waals surface area contributed by atoms with Crippen LogP contribution in [0.3, 0.4) is 0 Å². The van der Waals surface area contributed by atoms with Crippen LogP contribution in [0.5, 0.6) is 5.88 Å². The lowest BCUT2D eigenvalue weighted by Crippen LogP contribution is -2.23. The number of alkyl halides is 2. The van der Waals surface area contributed by atoms with Gasteiger partial charge in [-0.3, -0.25) is 0 Å². The zero-order chi connectivity index (χ0) is 15.3. The van der Waals surface area contributed by atoms with Crippen LogP contribution in [0.4, 0.5) is 8.78 Å². The van der Waals surface area contributed by atoms with Gasteiger partial charge >= 0.3 is 0 Å². The number of pyridine rings is 1. The zero-order valence-electron chi connectivity index (χ0n) is 12.8. The Morgan fingerprint density at radius 3 is 2.40 bits per heavy atom. The van der Waals surface area contributed by atoms with Gasteiger partial charge in [0.1, 0.15) is 0 Å². The highest BCUT2D eigenvalue weighted by Crippen LogP contribution is 2.24. The van der Waals surface area contributed by atoms with Crippen LogP contribution in [0.2, 0.25) is 0 Å². The van der Waals surface area contributed by atoms with Crippen LogP contribution in [0, 0.1) is 0 Å². The predicted octanol–water partition coefficient (Wildman–Crippen LogP) is 3.52. The molecule has 0 unspecified atom stereocenters. The second-order valence-corrected chi connectivity index (χ2v) is 6.19. The van der Waals surface area contributed by atoms with Gasteiger partial charge in [-0.25, -0.2) is 13.8 Å².